The van der Waals surface area contributed by atoms with Gasteiger partial charge < -0.3 is 0 Å². The zero-order valence-electron chi connectivity index (χ0n) is 12.7. The Hall–Kier alpha value is -1.10. The molecule has 3 rings (SSSR count). The number of amides is 1. The van der Waals surface area contributed by atoms with Gasteiger partial charge in [-0.25, -0.2) is 12.7 Å². The van der Waals surface area contributed by atoms with Gasteiger partial charge in [0.2, 0.25) is 15.9 Å². The lowest BCUT2D eigenvalue weighted by atomic mass is 9.69. The second-order valence-electron chi connectivity index (χ2n) is 7.25. The summed E-state index contributed by atoms with van der Waals surface area (Å²) in [7, 11) is -3.54. The van der Waals surface area contributed by atoms with Crippen molar-refractivity contribution >= 4 is 15.9 Å². The lowest BCUT2D eigenvalue weighted by molar-refractivity contribution is -0.130. The Kier molecular flexibility index (Phi) is 2.98. The zero-order chi connectivity index (χ0) is 15.6. The van der Waals surface area contributed by atoms with Gasteiger partial charge in [0, 0.05) is 5.41 Å². The summed E-state index contributed by atoms with van der Waals surface area (Å²) in [4.78, 5) is 12.7. The number of carbonyl (C=O) groups excluding carboxylic acids is 1. The molecule has 1 saturated heterocycles. The van der Waals surface area contributed by atoms with Crippen molar-refractivity contribution in [2.24, 2.45) is 22.7 Å². The first-order valence-corrected chi connectivity index (χ1v) is 9.13. The molecule has 4 nitrogen and oxygen atoms in total. The molecule has 1 aliphatic heterocycles. The molecule has 2 saturated carbocycles. The van der Waals surface area contributed by atoms with Crippen molar-refractivity contribution < 1.29 is 13.2 Å². The molecule has 2 aliphatic carbocycles. The molecule has 1 heterocycles. The van der Waals surface area contributed by atoms with E-state index in [1.807, 2.05) is 0 Å². The van der Waals surface area contributed by atoms with Crippen molar-refractivity contribution in [3.63, 3.8) is 0 Å². The highest BCUT2D eigenvalue weighted by molar-refractivity contribution is 7.90. The van der Waals surface area contributed by atoms with Crippen LogP contribution in [0.5, 0.6) is 0 Å². The highest BCUT2D eigenvalue weighted by Gasteiger charge is 2.72. The lowest BCUT2D eigenvalue weighted by Gasteiger charge is -2.37. The van der Waals surface area contributed by atoms with Crippen LogP contribution in [-0.2, 0) is 14.8 Å². The number of nitrogens with zero attached hydrogens (tertiary/aromatic N) is 1. The van der Waals surface area contributed by atoms with Gasteiger partial charge in [0.15, 0.2) is 0 Å². The van der Waals surface area contributed by atoms with Crippen molar-refractivity contribution in [3.8, 4) is 0 Å². The summed E-state index contributed by atoms with van der Waals surface area (Å²) in [5.41, 5.74) is -0.281. The minimum absolute atomic E-state index is 0.0162. The lowest BCUT2D eigenvalue weighted by Crippen LogP contribution is -2.45. The van der Waals surface area contributed by atoms with Crippen LogP contribution in [0.15, 0.2) is 25.3 Å². The molecule has 3 unspecified atom stereocenters. The highest BCUT2D eigenvalue weighted by Crippen LogP contribution is 2.70. The molecule has 0 aromatic heterocycles. The summed E-state index contributed by atoms with van der Waals surface area (Å²) in [6.07, 6.45) is 5.72. The molecular weight excluding hydrogens is 286 g/mol. The van der Waals surface area contributed by atoms with E-state index in [-0.39, 0.29) is 28.5 Å². The molecule has 116 valence electrons. The molecule has 3 atom stereocenters. The number of hydrogen-bond donors (Lipinski definition) is 0. The van der Waals surface area contributed by atoms with E-state index in [4.69, 9.17) is 0 Å². The summed E-state index contributed by atoms with van der Waals surface area (Å²) in [5.74, 6) is -0.387. The molecule has 0 aromatic carbocycles. The van der Waals surface area contributed by atoms with E-state index < -0.39 is 15.9 Å². The number of carbonyl (C=O) groups is 1. The predicted octanol–water partition coefficient (Wildman–Crippen LogP) is 2.34. The monoisotopic (exact) mass is 309 g/mol. The molecule has 0 aromatic rings. The van der Waals surface area contributed by atoms with Crippen LogP contribution < -0.4 is 0 Å². The van der Waals surface area contributed by atoms with Crippen LogP contribution in [0, 0.1) is 22.7 Å². The predicted molar refractivity (Wildman–Crippen MR) is 81.9 cm³/mol. The maximum absolute atomic E-state index is 12.7. The third-order valence-electron chi connectivity index (χ3n) is 6.42. The summed E-state index contributed by atoms with van der Waals surface area (Å²) in [5, 5.41) is 0. The Morgan fingerprint density at radius 3 is 2.48 bits per heavy atom. The fourth-order valence-corrected chi connectivity index (χ4v) is 7.59. The van der Waals surface area contributed by atoms with Crippen molar-refractivity contribution in [2.45, 2.75) is 39.2 Å². The minimum atomic E-state index is -3.54. The van der Waals surface area contributed by atoms with E-state index in [1.165, 1.54) is 16.5 Å². The molecule has 5 heteroatoms. The Morgan fingerprint density at radius 2 is 1.95 bits per heavy atom. The maximum atomic E-state index is 12.7. The quantitative estimate of drug-likeness (QED) is 0.752. The largest absolute Gasteiger partial charge is 0.273 e. The van der Waals surface area contributed by atoms with E-state index in [1.54, 1.807) is 0 Å². The van der Waals surface area contributed by atoms with E-state index in [0.717, 1.165) is 19.3 Å². The standard InChI is InChI=1S/C16H23NO3S/c1-5-11(6-2)14(18)17-13-9-12-7-8-16(13,15(12,3)4)10-21(17,19)20/h5-6,11-13H,1-2,7-10H2,3-4H3. The van der Waals surface area contributed by atoms with Crippen molar-refractivity contribution in [1.29, 1.82) is 0 Å². The number of hydrogen-bond acceptors (Lipinski definition) is 3. The maximum Gasteiger partial charge on any atom is 0.247 e. The molecule has 3 fully saturated rings. The average Bonchev–Trinajstić information content (AvgIpc) is 2.86. The van der Waals surface area contributed by atoms with E-state index in [0.29, 0.717) is 5.92 Å². The number of fused-ring (bicyclic) bond motifs is 1. The van der Waals surface area contributed by atoms with Gasteiger partial charge in [-0.15, -0.1) is 13.2 Å². The van der Waals surface area contributed by atoms with Crippen molar-refractivity contribution in [1.82, 2.24) is 4.31 Å². The second-order valence-corrected chi connectivity index (χ2v) is 9.10. The second kappa shape index (κ2) is 4.22. The third-order valence-corrected chi connectivity index (χ3v) is 8.34. The SMILES string of the molecule is C=CC(C=C)C(=O)N1C2CC3CCC2(CS1(=O)=O)C3(C)C. The van der Waals surface area contributed by atoms with Gasteiger partial charge in [0.25, 0.3) is 0 Å². The number of rotatable bonds is 3. The summed E-state index contributed by atoms with van der Waals surface area (Å²) in [6, 6.07) is -0.175. The topological polar surface area (TPSA) is 54.5 Å². The molecule has 21 heavy (non-hydrogen) atoms. The van der Waals surface area contributed by atoms with Gasteiger partial charge in [-0.1, -0.05) is 26.0 Å². The molecule has 3 aliphatic rings. The average molecular weight is 309 g/mol. The van der Waals surface area contributed by atoms with Gasteiger partial charge in [-0.05, 0) is 30.6 Å². The molecule has 1 spiro atoms. The van der Waals surface area contributed by atoms with Gasteiger partial charge in [0.1, 0.15) is 0 Å². The summed E-state index contributed by atoms with van der Waals surface area (Å²) in [6.45, 7) is 11.6. The van der Waals surface area contributed by atoms with Crippen molar-refractivity contribution in [2.75, 3.05) is 5.75 Å². The van der Waals surface area contributed by atoms with Crippen LogP contribution >= 0.6 is 0 Å². The molecule has 0 N–H and O–H groups in total. The van der Waals surface area contributed by atoms with Crippen LogP contribution in [0.1, 0.15) is 33.1 Å². The van der Waals surface area contributed by atoms with E-state index >= 15 is 0 Å². The first kappa shape index (κ1) is 14.8. The van der Waals surface area contributed by atoms with E-state index in [9.17, 15) is 13.2 Å². The molecule has 1 amide bonds. The third kappa shape index (κ3) is 1.61. The molecular formula is C16H23NO3S. The van der Waals surface area contributed by atoms with Crippen LogP contribution in [-0.4, -0.2) is 30.4 Å². The van der Waals surface area contributed by atoms with Crippen LogP contribution in [0.3, 0.4) is 0 Å². The Bertz CT molecular complexity index is 613. The first-order valence-electron chi connectivity index (χ1n) is 7.52. The van der Waals surface area contributed by atoms with E-state index in [2.05, 4.69) is 27.0 Å². The summed E-state index contributed by atoms with van der Waals surface area (Å²) >= 11 is 0. The van der Waals surface area contributed by atoms with Crippen LogP contribution in [0.4, 0.5) is 0 Å². The van der Waals surface area contributed by atoms with Crippen LogP contribution in [0.2, 0.25) is 0 Å². The molecule has 2 bridgehead atoms. The fourth-order valence-electron chi connectivity index (χ4n) is 5.02. The Labute approximate surface area is 126 Å². The van der Waals surface area contributed by atoms with Crippen LogP contribution in [0.25, 0.3) is 0 Å². The zero-order valence-corrected chi connectivity index (χ0v) is 13.5. The van der Waals surface area contributed by atoms with Gasteiger partial charge in [0.05, 0.1) is 17.7 Å². The normalized spacial score (nSPS) is 38.5. The Balaban J connectivity index is 2.06. The van der Waals surface area contributed by atoms with Gasteiger partial charge in [-0.3, -0.25) is 4.79 Å². The first-order chi connectivity index (χ1) is 9.71. The highest BCUT2D eigenvalue weighted by atomic mass is 32.2. The Morgan fingerprint density at radius 1 is 1.33 bits per heavy atom. The smallest absolute Gasteiger partial charge is 0.247 e. The minimum Gasteiger partial charge on any atom is -0.273 e. The molecule has 0 radical (unpaired) electrons. The summed E-state index contributed by atoms with van der Waals surface area (Å²) < 4.78 is 26.5. The van der Waals surface area contributed by atoms with Gasteiger partial charge in [-0.2, -0.15) is 0 Å². The van der Waals surface area contributed by atoms with Crippen molar-refractivity contribution in [3.05, 3.63) is 25.3 Å². The fraction of sp³-hybridized carbons (Fsp3) is 0.688. The van der Waals surface area contributed by atoms with Gasteiger partial charge >= 0.3 is 0 Å². The number of sulfonamides is 1.